The molecule has 0 aliphatic carbocycles. The van der Waals surface area contributed by atoms with E-state index in [2.05, 4.69) is 10.2 Å². The summed E-state index contributed by atoms with van der Waals surface area (Å²) < 4.78 is 30.4. The van der Waals surface area contributed by atoms with Gasteiger partial charge in [0.15, 0.2) is 10.6 Å². The third kappa shape index (κ3) is 2.77. The first-order valence-corrected chi connectivity index (χ1v) is 8.34. The van der Waals surface area contributed by atoms with Gasteiger partial charge in [0.1, 0.15) is 6.10 Å². The third-order valence-corrected chi connectivity index (χ3v) is 4.54. The SMILES string of the molecule is NS(=O)(=O)c1ccc(-n2c([C@H]3CCCO3)n[nH]c2=S)cc1. The molecular weight excluding hydrogens is 312 g/mol. The van der Waals surface area contributed by atoms with Crippen LogP contribution in [0.2, 0.25) is 0 Å². The number of hydrogen-bond donors (Lipinski definition) is 2. The molecule has 0 unspecified atom stereocenters. The monoisotopic (exact) mass is 326 g/mol. The standard InChI is InChI=1S/C12H14N4O3S2/c13-21(17,18)9-5-3-8(4-6-9)16-11(14-15-12(16)20)10-2-1-7-19-10/h3-6,10H,1-2,7H2,(H,15,20)(H2,13,17,18)/t10-/m1/s1. The fourth-order valence-electron chi connectivity index (χ4n) is 2.34. The predicted molar refractivity (Wildman–Crippen MR) is 78.0 cm³/mol. The number of ether oxygens (including phenoxy) is 1. The quantitative estimate of drug-likeness (QED) is 0.831. The van der Waals surface area contributed by atoms with E-state index in [1.54, 1.807) is 16.7 Å². The Hall–Kier alpha value is -1.55. The Morgan fingerprint density at radius 1 is 1.38 bits per heavy atom. The number of sulfonamides is 1. The van der Waals surface area contributed by atoms with Gasteiger partial charge in [-0.2, -0.15) is 5.10 Å². The van der Waals surface area contributed by atoms with Crippen molar-refractivity contribution in [2.45, 2.75) is 23.8 Å². The number of nitrogens with two attached hydrogens (primary N) is 1. The van der Waals surface area contributed by atoms with Crippen LogP contribution in [0.25, 0.3) is 5.69 Å². The topological polar surface area (TPSA) is 103 Å². The van der Waals surface area contributed by atoms with Gasteiger partial charge in [-0.25, -0.2) is 13.6 Å². The molecule has 112 valence electrons. The van der Waals surface area contributed by atoms with Crippen LogP contribution in [0, 0.1) is 4.77 Å². The molecule has 3 rings (SSSR count). The molecule has 3 N–H and O–H groups in total. The zero-order chi connectivity index (χ0) is 15.0. The van der Waals surface area contributed by atoms with Gasteiger partial charge >= 0.3 is 0 Å². The molecule has 0 radical (unpaired) electrons. The lowest BCUT2D eigenvalue weighted by Gasteiger charge is -2.11. The zero-order valence-electron chi connectivity index (χ0n) is 11.0. The highest BCUT2D eigenvalue weighted by Crippen LogP contribution is 2.28. The molecule has 21 heavy (non-hydrogen) atoms. The van der Waals surface area contributed by atoms with E-state index < -0.39 is 10.0 Å². The summed E-state index contributed by atoms with van der Waals surface area (Å²) in [7, 11) is -3.71. The van der Waals surface area contributed by atoms with Gasteiger partial charge in [0, 0.05) is 12.3 Å². The summed E-state index contributed by atoms with van der Waals surface area (Å²) in [6, 6.07) is 6.17. The second-order valence-corrected chi connectivity index (χ2v) is 6.71. The third-order valence-electron chi connectivity index (χ3n) is 3.34. The molecule has 2 aromatic rings. The van der Waals surface area contributed by atoms with Crippen molar-refractivity contribution >= 4 is 22.2 Å². The number of primary sulfonamides is 1. The van der Waals surface area contributed by atoms with E-state index in [0.717, 1.165) is 12.8 Å². The molecule has 1 saturated heterocycles. The molecule has 0 amide bonds. The molecule has 0 saturated carbocycles. The molecule has 1 aromatic heterocycles. The Labute approximate surface area is 126 Å². The first kappa shape index (κ1) is 14.4. The molecule has 7 nitrogen and oxygen atoms in total. The summed E-state index contributed by atoms with van der Waals surface area (Å²) in [6.07, 6.45) is 1.76. The average molecular weight is 326 g/mol. The minimum atomic E-state index is -3.71. The predicted octanol–water partition coefficient (Wildman–Crippen LogP) is 1.43. The molecular formula is C12H14N4O3S2. The fourth-order valence-corrected chi connectivity index (χ4v) is 3.10. The van der Waals surface area contributed by atoms with Crippen LogP contribution in [0.5, 0.6) is 0 Å². The van der Waals surface area contributed by atoms with Crippen LogP contribution >= 0.6 is 12.2 Å². The second-order valence-electron chi connectivity index (χ2n) is 4.76. The van der Waals surface area contributed by atoms with E-state index in [9.17, 15) is 8.42 Å². The molecule has 1 fully saturated rings. The number of nitrogens with zero attached hydrogens (tertiary/aromatic N) is 2. The van der Waals surface area contributed by atoms with Crippen molar-refractivity contribution in [1.29, 1.82) is 0 Å². The van der Waals surface area contributed by atoms with Gasteiger partial charge in [-0.15, -0.1) is 0 Å². The summed E-state index contributed by atoms with van der Waals surface area (Å²) in [4.78, 5) is 0.0555. The van der Waals surface area contributed by atoms with Gasteiger partial charge in [-0.05, 0) is 49.3 Å². The lowest BCUT2D eigenvalue weighted by atomic mass is 10.2. The Morgan fingerprint density at radius 2 is 2.10 bits per heavy atom. The van der Waals surface area contributed by atoms with Crippen molar-refractivity contribution < 1.29 is 13.2 Å². The van der Waals surface area contributed by atoms with Crippen molar-refractivity contribution in [3.8, 4) is 5.69 Å². The van der Waals surface area contributed by atoms with Crippen LogP contribution in [0.1, 0.15) is 24.8 Å². The highest BCUT2D eigenvalue weighted by molar-refractivity contribution is 7.89. The van der Waals surface area contributed by atoms with E-state index >= 15 is 0 Å². The van der Waals surface area contributed by atoms with Crippen molar-refractivity contribution in [2.24, 2.45) is 5.14 Å². The Balaban J connectivity index is 2.04. The van der Waals surface area contributed by atoms with Gasteiger partial charge in [-0.1, -0.05) is 0 Å². The first-order chi connectivity index (χ1) is 9.97. The van der Waals surface area contributed by atoms with Crippen molar-refractivity contribution in [3.63, 3.8) is 0 Å². The minimum absolute atomic E-state index is 0.0555. The molecule has 2 heterocycles. The maximum absolute atomic E-state index is 11.3. The van der Waals surface area contributed by atoms with E-state index in [0.29, 0.717) is 22.9 Å². The molecule has 1 aliphatic heterocycles. The number of nitrogens with one attached hydrogen (secondary N) is 1. The maximum Gasteiger partial charge on any atom is 0.238 e. The summed E-state index contributed by atoms with van der Waals surface area (Å²) in [5, 5.41) is 12.1. The molecule has 0 spiro atoms. The summed E-state index contributed by atoms with van der Waals surface area (Å²) >= 11 is 5.24. The van der Waals surface area contributed by atoms with E-state index in [1.165, 1.54) is 12.1 Å². The van der Waals surface area contributed by atoms with Crippen LogP contribution in [-0.2, 0) is 14.8 Å². The van der Waals surface area contributed by atoms with Crippen molar-refractivity contribution in [2.75, 3.05) is 6.61 Å². The average Bonchev–Trinajstić information content (AvgIpc) is 3.06. The van der Waals surface area contributed by atoms with Crippen LogP contribution in [-0.4, -0.2) is 29.8 Å². The van der Waals surface area contributed by atoms with E-state index in [-0.39, 0.29) is 11.0 Å². The van der Waals surface area contributed by atoms with Gasteiger partial charge in [0.25, 0.3) is 0 Å². The van der Waals surface area contributed by atoms with Crippen molar-refractivity contribution in [1.82, 2.24) is 14.8 Å². The van der Waals surface area contributed by atoms with Crippen LogP contribution in [0.15, 0.2) is 29.2 Å². The second kappa shape index (κ2) is 5.34. The zero-order valence-corrected chi connectivity index (χ0v) is 12.7. The maximum atomic E-state index is 11.3. The van der Waals surface area contributed by atoms with Crippen LogP contribution in [0.3, 0.4) is 0 Å². The van der Waals surface area contributed by atoms with E-state index in [4.69, 9.17) is 22.1 Å². The van der Waals surface area contributed by atoms with Crippen molar-refractivity contribution in [3.05, 3.63) is 34.9 Å². The summed E-state index contributed by atoms with van der Waals surface area (Å²) in [5.74, 6) is 0.695. The highest BCUT2D eigenvalue weighted by Gasteiger charge is 2.24. The van der Waals surface area contributed by atoms with Gasteiger partial charge in [-0.3, -0.25) is 9.67 Å². The van der Waals surface area contributed by atoms with E-state index in [1.807, 2.05) is 0 Å². The molecule has 0 bridgehead atoms. The fraction of sp³-hybridized carbons (Fsp3) is 0.333. The van der Waals surface area contributed by atoms with Gasteiger partial charge in [0.2, 0.25) is 10.0 Å². The minimum Gasteiger partial charge on any atom is -0.370 e. The number of hydrogen-bond acceptors (Lipinski definition) is 5. The number of aromatic amines is 1. The number of aromatic nitrogens is 3. The van der Waals surface area contributed by atoms with Crippen LogP contribution in [0.4, 0.5) is 0 Å². The molecule has 1 aromatic carbocycles. The number of rotatable bonds is 3. The largest absolute Gasteiger partial charge is 0.370 e. The Kier molecular flexibility index (Phi) is 3.66. The Bertz CT molecular complexity index is 802. The first-order valence-electron chi connectivity index (χ1n) is 6.39. The molecule has 1 atom stereocenters. The summed E-state index contributed by atoms with van der Waals surface area (Å²) in [6.45, 7) is 0.703. The van der Waals surface area contributed by atoms with Crippen LogP contribution < -0.4 is 5.14 Å². The summed E-state index contributed by atoms with van der Waals surface area (Å²) in [5.41, 5.74) is 0.714. The highest BCUT2D eigenvalue weighted by atomic mass is 32.2. The number of benzene rings is 1. The smallest absolute Gasteiger partial charge is 0.238 e. The number of H-pyrrole nitrogens is 1. The molecule has 1 aliphatic rings. The van der Waals surface area contributed by atoms with Gasteiger partial charge < -0.3 is 4.74 Å². The normalized spacial score (nSPS) is 19.0. The Morgan fingerprint density at radius 3 is 2.67 bits per heavy atom. The molecule has 9 heteroatoms. The van der Waals surface area contributed by atoms with Gasteiger partial charge in [0.05, 0.1) is 4.90 Å². The lowest BCUT2D eigenvalue weighted by Crippen LogP contribution is -2.12. The lowest BCUT2D eigenvalue weighted by molar-refractivity contribution is 0.103.